The van der Waals surface area contributed by atoms with Crippen molar-refractivity contribution in [3.8, 4) is 11.5 Å². The molecule has 22 nitrogen and oxygen atoms in total. The summed E-state index contributed by atoms with van der Waals surface area (Å²) in [5.41, 5.74) is 2.96. The van der Waals surface area contributed by atoms with Crippen LogP contribution in [0.15, 0.2) is 121 Å². The highest BCUT2D eigenvalue weighted by Gasteiger charge is 2.39. The number of phenolic OH excluding ortho intramolecular Hbond substituents is 1. The summed E-state index contributed by atoms with van der Waals surface area (Å²) < 4.78 is 15.7. The number of hydrogen-bond acceptors (Lipinski definition) is 16. The van der Waals surface area contributed by atoms with Gasteiger partial charge in [0.25, 0.3) is 18.9 Å². The fourth-order valence-corrected chi connectivity index (χ4v) is 9.89. The van der Waals surface area contributed by atoms with Crippen molar-refractivity contribution in [1.29, 1.82) is 0 Å². The Hall–Kier alpha value is -9.38. The number of Topliss-reactive ketones (excluding diaryl/α,β-unsaturated/α-hetero) is 2. The van der Waals surface area contributed by atoms with Gasteiger partial charge in [0.05, 0.1) is 24.4 Å². The van der Waals surface area contributed by atoms with Crippen LogP contribution in [0.25, 0.3) is 0 Å². The standard InChI is InChI=1S/C59H60N4O18S/c64-32-79-51(56(73)60-23-7-12-38(66)16-20-46(58(76)77)62-59(78)63-52(80-33-65)21-22-53(70)71)31-48(69)47(27-35-10-5-2-6-11-35)61-55(72)37(24-34-8-3-1-4-9-34)28-41(82)25-36-13-17-42(45(26-36)57(74)75)54-43-18-14-39(67)29-49(43)81-50-30-40(68)15-19-44(50)54/h1-6,8-11,13-15,17-19,26,29-30,32-33,37,43,46-47,51-52,54,68H,7,12,16,20-25,27-28,31H2,(H,60,73)(H,61,72)(H,70,71)(H,74,75)(H,76,77)(H2,62,63,78)/t37?,43?,46-,47?,51+,52+,54?/m0/s1. The zero-order valence-corrected chi connectivity index (χ0v) is 44.9. The summed E-state index contributed by atoms with van der Waals surface area (Å²) in [5, 5.41) is 49.0. The van der Waals surface area contributed by atoms with Crippen molar-refractivity contribution in [2.45, 2.75) is 101 Å². The summed E-state index contributed by atoms with van der Waals surface area (Å²) in [6.45, 7) is -0.163. The Balaban J connectivity index is 1.10. The van der Waals surface area contributed by atoms with Crippen LogP contribution in [0.2, 0.25) is 0 Å². The van der Waals surface area contributed by atoms with Crippen LogP contribution in [-0.4, -0.2) is 122 Å². The van der Waals surface area contributed by atoms with E-state index in [1.165, 1.54) is 30.4 Å². The van der Waals surface area contributed by atoms with E-state index in [9.17, 15) is 68.1 Å². The first-order valence-electron chi connectivity index (χ1n) is 26.0. The molecule has 4 aromatic rings. The van der Waals surface area contributed by atoms with Gasteiger partial charge in [-0.05, 0) is 77.4 Å². The zero-order chi connectivity index (χ0) is 59.3. The normalized spacial score (nSPS) is 15.8. The molecule has 4 aromatic carbocycles. The van der Waals surface area contributed by atoms with E-state index in [1.807, 2.05) is 18.2 Å². The molecule has 0 aromatic heterocycles. The number of carboxylic acids is 3. The number of aromatic hydroxyl groups is 1. The first-order valence-corrected chi connectivity index (χ1v) is 26.5. The number of ether oxygens (including phenoxy) is 3. The molecule has 0 saturated heterocycles. The number of carboxylic acid groups (broad SMARTS) is 3. The molecule has 6 rings (SSSR count). The van der Waals surface area contributed by atoms with E-state index in [4.69, 9.17) is 26.8 Å². The van der Waals surface area contributed by atoms with E-state index < -0.39 is 102 Å². The van der Waals surface area contributed by atoms with Gasteiger partial charge in [0.2, 0.25) is 5.91 Å². The molecular weight excluding hydrogens is 1080 g/mol. The number of aromatic carboxylic acids is 1. The Kier molecular flexibility index (Phi) is 22.8. The number of phenols is 1. The molecule has 430 valence electrons. The largest absolute Gasteiger partial charge is 0.508 e. The third-order valence-electron chi connectivity index (χ3n) is 13.5. The van der Waals surface area contributed by atoms with Gasteiger partial charge in [-0.25, -0.2) is 14.4 Å². The number of benzene rings is 4. The van der Waals surface area contributed by atoms with Crippen LogP contribution in [-0.2, 0) is 71.9 Å². The lowest BCUT2D eigenvalue weighted by Gasteiger charge is -2.35. The van der Waals surface area contributed by atoms with E-state index in [-0.39, 0.29) is 100 Å². The topological polar surface area (TPSA) is 344 Å². The van der Waals surface area contributed by atoms with Gasteiger partial charge in [0, 0.05) is 67.7 Å². The van der Waals surface area contributed by atoms with Crippen molar-refractivity contribution in [1.82, 2.24) is 21.3 Å². The predicted octanol–water partition coefficient (Wildman–Crippen LogP) is 5.01. The van der Waals surface area contributed by atoms with Gasteiger partial charge in [-0.1, -0.05) is 97.2 Å². The zero-order valence-electron chi connectivity index (χ0n) is 44.1. The third kappa shape index (κ3) is 18.3. The molecule has 0 fully saturated rings. The Morgan fingerprint density at radius 2 is 1.39 bits per heavy atom. The summed E-state index contributed by atoms with van der Waals surface area (Å²) in [5.74, 6) is -8.30. The van der Waals surface area contributed by atoms with Crippen molar-refractivity contribution >= 4 is 83.1 Å². The lowest BCUT2D eigenvalue weighted by Crippen LogP contribution is -2.49. The summed E-state index contributed by atoms with van der Waals surface area (Å²) in [6, 6.07) is 23.4. The van der Waals surface area contributed by atoms with Crippen molar-refractivity contribution in [2.24, 2.45) is 11.8 Å². The van der Waals surface area contributed by atoms with Crippen LogP contribution in [0.5, 0.6) is 11.5 Å². The second-order valence-corrected chi connectivity index (χ2v) is 20.0. The molecule has 23 heteroatoms. The van der Waals surface area contributed by atoms with E-state index in [1.54, 1.807) is 66.7 Å². The number of rotatable bonds is 33. The second kappa shape index (κ2) is 30.3. The van der Waals surface area contributed by atoms with Gasteiger partial charge in [0.1, 0.15) is 29.1 Å². The molecule has 0 spiro atoms. The summed E-state index contributed by atoms with van der Waals surface area (Å²) >= 11 is 5.93. The molecule has 0 radical (unpaired) electrons. The number of aliphatic carboxylic acids is 2. The Morgan fingerprint density at radius 3 is 2.05 bits per heavy atom. The predicted molar refractivity (Wildman–Crippen MR) is 294 cm³/mol. The molecule has 4 unspecified atom stereocenters. The monoisotopic (exact) mass is 1140 g/mol. The van der Waals surface area contributed by atoms with Crippen LogP contribution >= 0.6 is 12.2 Å². The third-order valence-corrected chi connectivity index (χ3v) is 13.8. The summed E-state index contributed by atoms with van der Waals surface area (Å²) in [4.78, 5) is 138. The second-order valence-electron chi connectivity index (χ2n) is 19.4. The number of amides is 4. The average Bonchev–Trinajstić information content (AvgIpc) is 2.62. The highest BCUT2D eigenvalue weighted by Crippen LogP contribution is 2.49. The summed E-state index contributed by atoms with van der Waals surface area (Å²) in [6.07, 6.45) is -0.596. The van der Waals surface area contributed by atoms with Crippen LogP contribution in [0.4, 0.5) is 4.79 Å². The smallest absolute Gasteiger partial charge is 0.335 e. The highest BCUT2D eigenvalue weighted by atomic mass is 32.1. The van der Waals surface area contributed by atoms with Gasteiger partial charge in [0.15, 0.2) is 23.9 Å². The number of nitrogens with one attached hydrogen (secondary N) is 4. The van der Waals surface area contributed by atoms with E-state index >= 15 is 0 Å². The van der Waals surface area contributed by atoms with E-state index in [2.05, 4.69) is 26.0 Å². The molecule has 82 heavy (non-hydrogen) atoms. The number of fused-ring (bicyclic) bond motifs is 2. The van der Waals surface area contributed by atoms with Crippen molar-refractivity contribution in [3.63, 3.8) is 0 Å². The fraction of sp³-hybridized carbons (Fsp3) is 0.322. The number of urea groups is 1. The first-order chi connectivity index (χ1) is 39.3. The van der Waals surface area contributed by atoms with Gasteiger partial charge in [-0.3, -0.25) is 38.4 Å². The van der Waals surface area contributed by atoms with Crippen LogP contribution in [0, 0.1) is 11.8 Å². The van der Waals surface area contributed by atoms with Gasteiger partial charge in [-0.15, -0.1) is 0 Å². The minimum atomic E-state index is -1.66. The average molecular weight is 1150 g/mol. The number of carbonyl (C=O) groups excluding carboxylic acids is 8. The van der Waals surface area contributed by atoms with Crippen molar-refractivity contribution in [3.05, 3.63) is 154 Å². The highest BCUT2D eigenvalue weighted by molar-refractivity contribution is 7.80. The minimum Gasteiger partial charge on any atom is -0.508 e. The molecular formula is C59H60N4O18S. The summed E-state index contributed by atoms with van der Waals surface area (Å²) in [7, 11) is 0. The molecule has 0 bridgehead atoms. The molecule has 2 aliphatic rings. The Bertz CT molecular complexity index is 3110. The number of ketones is 3. The van der Waals surface area contributed by atoms with Crippen LogP contribution in [0.3, 0.4) is 0 Å². The Labute approximate surface area is 475 Å². The molecule has 1 aliphatic carbocycles. The molecule has 1 heterocycles. The van der Waals surface area contributed by atoms with Crippen LogP contribution in [0.1, 0.15) is 95.5 Å². The minimum absolute atomic E-state index is 0.00484. The van der Waals surface area contributed by atoms with Gasteiger partial charge < -0.3 is 55.9 Å². The number of thiocarbonyl (C=S) groups is 1. The maximum atomic E-state index is 14.6. The molecule has 4 amide bonds. The van der Waals surface area contributed by atoms with Gasteiger partial charge >= 0.3 is 23.9 Å². The quantitative estimate of drug-likeness (QED) is 0.0135. The number of carbonyl (C=O) groups is 11. The lowest BCUT2D eigenvalue weighted by atomic mass is 9.74. The fourth-order valence-electron chi connectivity index (χ4n) is 9.52. The molecule has 8 N–H and O–H groups in total. The lowest BCUT2D eigenvalue weighted by molar-refractivity contribution is -0.147. The number of allylic oxidation sites excluding steroid dienone is 3. The Morgan fingerprint density at radius 1 is 0.707 bits per heavy atom. The molecule has 0 saturated carbocycles. The van der Waals surface area contributed by atoms with Crippen molar-refractivity contribution < 1.29 is 87.4 Å². The SMILES string of the molecule is O=CO[C@H](CCC(=O)O)NC(=O)N[C@@H](CCC(=O)CCCNC(=O)[C@@H](CC(=O)C(Cc1ccccc1)NC(=O)C(CC(=S)Cc1ccc(C2c3ccc(O)cc3OC3=CC(=O)C=CC32)c(C(=O)O)c1)Cc1ccccc1)OC=O)C(=O)O. The van der Waals surface area contributed by atoms with E-state index in [0.29, 0.717) is 32.9 Å². The van der Waals surface area contributed by atoms with Gasteiger partial charge in [-0.2, -0.15) is 0 Å². The van der Waals surface area contributed by atoms with E-state index in [0.717, 1.165) is 5.56 Å². The maximum Gasteiger partial charge on any atom is 0.335 e. The maximum absolute atomic E-state index is 14.6. The molecule has 7 atom stereocenters. The number of hydrogen-bond donors (Lipinski definition) is 8. The molecule has 1 aliphatic heterocycles. The van der Waals surface area contributed by atoms with Crippen molar-refractivity contribution in [2.75, 3.05) is 6.54 Å². The first kappa shape index (κ1) is 61.8. The van der Waals surface area contributed by atoms with Crippen LogP contribution < -0.4 is 26.0 Å².